The Labute approximate surface area is 222 Å². The summed E-state index contributed by atoms with van der Waals surface area (Å²) in [7, 11) is 0. The topological polar surface area (TPSA) is 71.9 Å². The molecular weight excluding hydrogens is 456 g/mol. The summed E-state index contributed by atoms with van der Waals surface area (Å²) in [5.41, 5.74) is 4.99. The predicted octanol–water partition coefficient (Wildman–Crippen LogP) is 6.61. The molecule has 2 N–H and O–H groups in total. The van der Waals surface area contributed by atoms with E-state index in [2.05, 4.69) is 68.0 Å². The molecule has 5 heteroatoms. The Hall–Kier alpha value is -2.84. The van der Waals surface area contributed by atoms with Gasteiger partial charge >= 0.3 is 0 Å². The maximum absolute atomic E-state index is 14.4. The van der Waals surface area contributed by atoms with Crippen LogP contribution in [0.5, 0.6) is 0 Å². The summed E-state index contributed by atoms with van der Waals surface area (Å²) in [5, 5.41) is 14.1. The van der Waals surface area contributed by atoms with Crippen LogP contribution < -0.4 is 5.32 Å². The number of ketones is 1. The molecule has 3 aliphatic rings. The second kappa shape index (κ2) is 9.80. The third kappa shape index (κ3) is 5.14. The molecule has 0 amide bonds. The van der Waals surface area contributed by atoms with Crippen molar-refractivity contribution in [1.29, 1.82) is 5.26 Å². The van der Waals surface area contributed by atoms with Crippen LogP contribution >= 0.6 is 0 Å². The maximum Gasteiger partial charge on any atom is 0.175 e. The van der Waals surface area contributed by atoms with Crippen LogP contribution in [0.3, 0.4) is 0 Å². The van der Waals surface area contributed by atoms with E-state index < -0.39 is 5.41 Å². The lowest BCUT2D eigenvalue weighted by Crippen LogP contribution is -2.43. The first-order chi connectivity index (χ1) is 17.6. The van der Waals surface area contributed by atoms with E-state index >= 15 is 0 Å². The Morgan fingerprint density at radius 3 is 2.57 bits per heavy atom. The van der Waals surface area contributed by atoms with E-state index in [1.807, 2.05) is 18.2 Å². The Bertz CT molecular complexity index is 1290. The highest BCUT2D eigenvalue weighted by atomic mass is 16.1. The summed E-state index contributed by atoms with van der Waals surface area (Å²) in [6.07, 6.45) is 11.4. The molecule has 0 radical (unpaired) electrons. The van der Waals surface area contributed by atoms with Crippen LogP contribution in [0.25, 0.3) is 10.9 Å². The summed E-state index contributed by atoms with van der Waals surface area (Å²) < 4.78 is 0. The van der Waals surface area contributed by atoms with Crippen LogP contribution in [0.4, 0.5) is 0 Å². The average Bonchev–Trinajstić information content (AvgIpc) is 3.64. The Balaban J connectivity index is 1.39. The van der Waals surface area contributed by atoms with Crippen LogP contribution in [0.1, 0.15) is 94.8 Å². The Morgan fingerprint density at radius 2 is 1.95 bits per heavy atom. The molecule has 1 aromatic heterocycles. The van der Waals surface area contributed by atoms with E-state index in [1.165, 1.54) is 43.5 Å². The van der Waals surface area contributed by atoms with Crippen molar-refractivity contribution < 1.29 is 4.79 Å². The van der Waals surface area contributed by atoms with Gasteiger partial charge in [-0.1, -0.05) is 45.9 Å². The van der Waals surface area contributed by atoms with Gasteiger partial charge in [-0.25, -0.2) is 0 Å². The molecule has 37 heavy (non-hydrogen) atoms. The van der Waals surface area contributed by atoms with Gasteiger partial charge in [-0.15, -0.1) is 0 Å². The number of Topliss-reactive ketones (excluding diaryl/α,β-unsaturated/α-hetero) is 1. The van der Waals surface area contributed by atoms with E-state index in [0.29, 0.717) is 18.0 Å². The summed E-state index contributed by atoms with van der Waals surface area (Å²) in [5.74, 6) is 1.09. The molecule has 2 aliphatic carbocycles. The standard InChI is InChI=1S/C32H42N4O/c1-6-23-18-32(5,14-11-27(23)36-15-12-24(13-16-36)34-20-21-7-8-21)30(37)28-25-10-9-22(19-33)17-26(25)35-29(28)31(2,3)4/h9-11,17-18,21,24,34-35H,6-8,12-16,20H2,1-5H3. The molecule has 2 aromatic rings. The monoisotopic (exact) mass is 498 g/mol. The highest BCUT2D eigenvalue weighted by molar-refractivity contribution is 6.13. The number of aromatic nitrogens is 1. The highest BCUT2D eigenvalue weighted by Crippen LogP contribution is 2.42. The van der Waals surface area contributed by atoms with Gasteiger partial charge in [-0.3, -0.25) is 4.79 Å². The number of piperidine rings is 1. The first-order valence-corrected chi connectivity index (χ1v) is 14.1. The average molecular weight is 499 g/mol. The second-order valence-electron chi connectivity index (χ2n) is 12.7. The number of carbonyl (C=O) groups excluding carboxylic acids is 1. The smallest absolute Gasteiger partial charge is 0.175 e. The first kappa shape index (κ1) is 25.8. The number of benzene rings is 1. The van der Waals surface area contributed by atoms with Gasteiger partial charge in [0.1, 0.15) is 0 Å². The first-order valence-electron chi connectivity index (χ1n) is 14.1. The summed E-state index contributed by atoms with van der Waals surface area (Å²) in [4.78, 5) is 20.4. The summed E-state index contributed by atoms with van der Waals surface area (Å²) in [6, 6.07) is 8.48. The van der Waals surface area contributed by atoms with Crippen molar-refractivity contribution >= 4 is 16.7 Å². The lowest BCUT2D eigenvalue weighted by Gasteiger charge is -2.39. The van der Waals surface area contributed by atoms with E-state index in [0.717, 1.165) is 47.6 Å². The van der Waals surface area contributed by atoms with E-state index in [9.17, 15) is 10.1 Å². The molecule has 1 aliphatic heterocycles. The Morgan fingerprint density at radius 1 is 1.22 bits per heavy atom. The lowest BCUT2D eigenvalue weighted by molar-refractivity contribution is 0.0866. The highest BCUT2D eigenvalue weighted by Gasteiger charge is 2.39. The fourth-order valence-electron chi connectivity index (χ4n) is 6.06. The minimum atomic E-state index is -0.595. The van der Waals surface area contributed by atoms with Crippen molar-refractivity contribution in [2.45, 2.75) is 84.6 Å². The van der Waals surface area contributed by atoms with Crippen molar-refractivity contribution in [3.05, 3.63) is 58.4 Å². The van der Waals surface area contributed by atoms with Crippen LogP contribution in [0, 0.1) is 22.7 Å². The van der Waals surface area contributed by atoms with Gasteiger partial charge in [0.15, 0.2) is 5.78 Å². The molecule has 0 bridgehead atoms. The number of hydrogen-bond acceptors (Lipinski definition) is 4. The van der Waals surface area contributed by atoms with E-state index in [4.69, 9.17) is 0 Å². The number of hydrogen-bond donors (Lipinski definition) is 2. The van der Waals surface area contributed by atoms with Crippen molar-refractivity contribution in [3.8, 4) is 6.07 Å². The predicted molar refractivity (Wildman–Crippen MR) is 151 cm³/mol. The third-order valence-corrected chi connectivity index (χ3v) is 8.57. The van der Waals surface area contributed by atoms with Crippen LogP contribution in [-0.2, 0) is 5.41 Å². The number of allylic oxidation sites excluding steroid dienone is 3. The second-order valence-corrected chi connectivity index (χ2v) is 12.7. The Kier molecular flexibility index (Phi) is 6.83. The van der Waals surface area contributed by atoms with Crippen molar-refractivity contribution in [2.24, 2.45) is 11.3 Å². The third-order valence-electron chi connectivity index (χ3n) is 8.57. The van der Waals surface area contributed by atoms with E-state index in [-0.39, 0.29) is 11.2 Å². The zero-order valence-electron chi connectivity index (χ0n) is 23.2. The van der Waals surface area contributed by atoms with Gasteiger partial charge in [0.25, 0.3) is 0 Å². The largest absolute Gasteiger partial charge is 0.371 e. The zero-order valence-corrected chi connectivity index (χ0v) is 23.2. The molecule has 2 fully saturated rings. The number of nitrogens with one attached hydrogen (secondary N) is 2. The minimum absolute atomic E-state index is 0.164. The van der Waals surface area contributed by atoms with Gasteiger partial charge in [0.2, 0.25) is 0 Å². The molecule has 1 saturated carbocycles. The van der Waals surface area contributed by atoms with Gasteiger partial charge in [0, 0.05) is 52.4 Å². The number of nitriles is 1. The van der Waals surface area contributed by atoms with Crippen molar-refractivity contribution in [1.82, 2.24) is 15.2 Å². The number of H-pyrrole nitrogens is 1. The molecule has 196 valence electrons. The van der Waals surface area contributed by atoms with Crippen molar-refractivity contribution in [3.63, 3.8) is 0 Å². The van der Waals surface area contributed by atoms with E-state index in [1.54, 1.807) is 0 Å². The number of likely N-dealkylation sites (tertiary alicyclic amines) is 1. The molecule has 2 heterocycles. The van der Waals surface area contributed by atoms with Crippen LogP contribution in [0.2, 0.25) is 0 Å². The van der Waals surface area contributed by atoms with Crippen LogP contribution in [0.15, 0.2) is 41.6 Å². The summed E-state index contributed by atoms with van der Waals surface area (Å²) >= 11 is 0. The molecule has 0 spiro atoms. The molecule has 1 aromatic carbocycles. The molecule has 1 unspecified atom stereocenters. The molecule has 5 rings (SSSR count). The van der Waals surface area contributed by atoms with Gasteiger partial charge in [0.05, 0.1) is 17.0 Å². The fourth-order valence-corrected chi connectivity index (χ4v) is 6.06. The fraction of sp³-hybridized carbons (Fsp3) is 0.562. The minimum Gasteiger partial charge on any atom is -0.371 e. The van der Waals surface area contributed by atoms with Gasteiger partial charge in [-0.05, 0) is 75.6 Å². The maximum atomic E-state index is 14.4. The number of nitrogens with zero attached hydrogens (tertiary/aromatic N) is 2. The number of aromatic amines is 1. The zero-order chi connectivity index (χ0) is 26.4. The molecule has 1 atom stereocenters. The van der Waals surface area contributed by atoms with Crippen molar-refractivity contribution in [2.75, 3.05) is 19.6 Å². The summed E-state index contributed by atoms with van der Waals surface area (Å²) in [6.45, 7) is 14.1. The number of fused-ring (bicyclic) bond motifs is 1. The normalized spacial score (nSPS) is 23.1. The quantitative estimate of drug-likeness (QED) is 0.421. The number of rotatable bonds is 7. The molecular formula is C32H42N4O. The molecule has 1 saturated heterocycles. The van der Waals surface area contributed by atoms with Crippen LogP contribution in [-0.4, -0.2) is 41.3 Å². The SMILES string of the molecule is CCC1=CC(C)(C(=O)c2c(C(C)(C)C)[nH]c3cc(C#N)ccc23)CC=C1N1CCC(NCC2CC2)CC1. The number of carbonyl (C=O) groups is 1. The molecule has 5 nitrogen and oxygen atoms in total. The van der Waals surface area contributed by atoms with Gasteiger partial charge < -0.3 is 15.2 Å². The van der Waals surface area contributed by atoms with Gasteiger partial charge in [-0.2, -0.15) is 5.26 Å². The lowest BCUT2D eigenvalue weighted by atomic mass is 9.72.